The van der Waals surface area contributed by atoms with Gasteiger partial charge in [0.2, 0.25) is 0 Å². The van der Waals surface area contributed by atoms with Crippen molar-refractivity contribution in [2.24, 2.45) is 0 Å². The van der Waals surface area contributed by atoms with Gasteiger partial charge in [0.15, 0.2) is 11.6 Å². The minimum Gasteiger partial charge on any atom is -0.393 e. The van der Waals surface area contributed by atoms with Gasteiger partial charge in [-0.05, 0) is 31.0 Å². The molecule has 0 spiro atoms. The van der Waals surface area contributed by atoms with Crippen LogP contribution < -0.4 is 20.4 Å². The van der Waals surface area contributed by atoms with Crippen LogP contribution in [0.25, 0.3) is 0 Å². The molecule has 128 valence electrons. The second kappa shape index (κ2) is 6.55. The number of aryl methyl sites for hydroxylation is 1. The molecular formula is C18H26N6. The Morgan fingerprint density at radius 3 is 2.33 bits per heavy atom. The maximum Gasteiger partial charge on any atom is 0.157 e. The molecule has 3 rings (SSSR count). The van der Waals surface area contributed by atoms with Gasteiger partial charge >= 0.3 is 0 Å². The van der Waals surface area contributed by atoms with Gasteiger partial charge in [-0.15, -0.1) is 0 Å². The van der Waals surface area contributed by atoms with E-state index in [4.69, 9.17) is 5.73 Å². The summed E-state index contributed by atoms with van der Waals surface area (Å²) in [6, 6.07) is 6.51. The Morgan fingerprint density at radius 2 is 1.67 bits per heavy atom. The van der Waals surface area contributed by atoms with Gasteiger partial charge in [0.05, 0.1) is 0 Å². The lowest BCUT2D eigenvalue weighted by molar-refractivity contribution is 0.646. The van der Waals surface area contributed by atoms with Crippen LogP contribution in [0.3, 0.4) is 0 Å². The van der Waals surface area contributed by atoms with Gasteiger partial charge in [0.1, 0.15) is 12.0 Å². The summed E-state index contributed by atoms with van der Waals surface area (Å²) in [7, 11) is 3.89. The van der Waals surface area contributed by atoms with Gasteiger partial charge in [0.25, 0.3) is 0 Å². The number of anilines is 4. The van der Waals surface area contributed by atoms with E-state index in [1.807, 2.05) is 19.0 Å². The lowest BCUT2D eigenvalue weighted by Crippen LogP contribution is -2.47. The zero-order chi connectivity index (χ0) is 17.3. The topological polar surface area (TPSA) is 61.5 Å². The number of benzene rings is 1. The SMILES string of the molecule is Cc1cccc(N2CCN(c3ncnc(N(C)C)c3N)CC2)c1C. The van der Waals surface area contributed by atoms with E-state index in [-0.39, 0.29) is 0 Å². The van der Waals surface area contributed by atoms with Crippen molar-refractivity contribution in [1.29, 1.82) is 0 Å². The summed E-state index contributed by atoms with van der Waals surface area (Å²) in [4.78, 5) is 15.3. The van der Waals surface area contributed by atoms with Gasteiger partial charge in [0, 0.05) is 46.0 Å². The molecule has 24 heavy (non-hydrogen) atoms. The quantitative estimate of drug-likeness (QED) is 0.932. The van der Waals surface area contributed by atoms with E-state index >= 15 is 0 Å². The number of hydrogen-bond donors (Lipinski definition) is 1. The molecule has 0 atom stereocenters. The van der Waals surface area contributed by atoms with Crippen molar-refractivity contribution in [1.82, 2.24) is 9.97 Å². The van der Waals surface area contributed by atoms with Crippen molar-refractivity contribution >= 4 is 23.0 Å². The average molecular weight is 326 g/mol. The molecule has 0 saturated carbocycles. The van der Waals surface area contributed by atoms with E-state index in [9.17, 15) is 0 Å². The number of hydrogen-bond acceptors (Lipinski definition) is 6. The van der Waals surface area contributed by atoms with Crippen LogP contribution in [0, 0.1) is 13.8 Å². The second-order valence-corrected chi connectivity index (χ2v) is 6.52. The number of nitrogens with zero attached hydrogens (tertiary/aromatic N) is 5. The first kappa shape index (κ1) is 16.4. The van der Waals surface area contributed by atoms with Crippen molar-refractivity contribution in [3.05, 3.63) is 35.7 Å². The first-order chi connectivity index (χ1) is 11.5. The number of piperazine rings is 1. The molecule has 0 bridgehead atoms. The molecule has 6 heteroatoms. The minimum atomic E-state index is 0.655. The number of nitrogens with two attached hydrogens (primary N) is 1. The minimum absolute atomic E-state index is 0.655. The molecule has 0 aliphatic carbocycles. The number of nitrogen functional groups attached to an aromatic ring is 1. The van der Waals surface area contributed by atoms with Crippen LogP contribution in [-0.2, 0) is 0 Å². The highest BCUT2D eigenvalue weighted by Crippen LogP contribution is 2.30. The molecule has 0 radical (unpaired) electrons. The summed E-state index contributed by atoms with van der Waals surface area (Å²) in [5.41, 5.74) is 11.0. The Balaban J connectivity index is 1.76. The third-order valence-electron chi connectivity index (χ3n) is 4.76. The monoisotopic (exact) mass is 326 g/mol. The van der Waals surface area contributed by atoms with Crippen LogP contribution >= 0.6 is 0 Å². The van der Waals surface area contributed by atoms with Gasteiger partial charge < -0.3 is 20.4 Å². The maximum atomic E-state index is 6.28. The summed E-state index contributed by atoms with van der Waals surface area (Å²) in [5, 5.41) is 0. The Morgan fingerprint density at radius 1 is 1.00 bits per heavy atom. The van der Waals surface area contributed by atoms with Crippen molar-refractivity contribution in [2.75, 3.05) is 60.7 Å². The molecule has 1 aromatic heterocycles. The van der Waals surface area contributed by atoms with Crippen molar-refractivity contribution in [3.63, 3.8) is 0 Å². The fourth-order valence-corrected chi connectivity index (χ4v) is 3.22. The summed E-state index contributed by atoms with van der Waals surface area (Å²) >= 11 is 0. The normalized spacial score (nSPS) is 14.8. The summed E-state index contributed by atoms with van der Waals surface area (Å²) in [5.74, 6) is 1.62. The van der Waals surface area contributed by atoms with E-state index in [2.05, 4.69) is 51.8 Å². The van der Waals surface area contributed by atoms with E-state index in [1.165, 1.54) is 16.8 Å². The molecule has 1 fully saturated rings. The standard InChI is InChI=1S/C18H26N6/c1-13-6-5-7-15(14(13)2)23-8-10-24(11-9-23)18-16(19)17(22(3)4)20-12-21-18/h5-7,12H,8-11,19H2,1-4H3. The zero-order valence-corrected chi connectivity index (χ0v) is 15.0. The highest BCUT2D eigenvalue weighted by Gasteiger charge is 2.22. The predicted molar refractivity (Wildman–Crippen MR) is 101 cm³/mol. The molecule has 0 unspecified atom stereocenters. The summed E-state index contributed by atoms with van der Waals surface area (Å²) in [6.45, 7) is 8.10. The highest BCUT2D eigenvalue weighted by molar-refractivity contribution is 5.75. The first-order valence-corrected chi connectivity index (χ1v) is 8.33. The largest absolute Gasteiger partial charge is 0.393 e. The Hall–Kier alpha value is -2.50. The molecule has 2 N–H and O–H groups in total. The summed E-state index contributed by atoms with van der Waals surface area (Å²) < 4.78 is 0. The summed E-state index contributed by atoms with van der Waals surface area (Å²) in [6.07, 6.45) is 1.60. The van der Waals surface area contributed by atoms with E-state index in [0.29, 0.717) is 5.69 Å². The Kier molecular flexibility index (Phi) is 4.46. The van der Waals surface area contributed by atoms with Crippen LogP contribution in [0.2, 0.25) is 0 Å². The third kappa shape index (κ3) is 2.96. The smallest absolute Gasteiger partial charge is 0.157 e. The predicted octanol–water partition coefficient (Wildman–Crippen LogP) is 2.07. The highest BCUT2D eigenvalue weighted by atomic mass is 15.3. The molecule has 0 amide bonds. The van der Waals surface area contributed by atoms with Gasteiger partial charge in [-0.3, -0.25) is 0 Å². The fraction of sp³-hybridized carbons (Fsp3) is 0.444. The first-order valence-electron chi connectivity index (χ1n) is 8.33. The van der Waals surface area contributed by atoms with Gasteiger partial charge in [-0.25, -0.2) is 9.97 Å². The van der Waals surface area contributed by atoms with Crippen LogP contribution in [-0.4, -0.2) is 50.2 Å². The lowest BCUT2D eigenvalue weighted by atomic mass is 10.1. The Bertz CT molecular complexity index is 719. The number of aromatic nitrogens is 2. The molecule has 1 saturated heterocycles. The molecule has 2 aromatic rings. The van der Waals surface area contributed by atoms with Crippen LogP contribution in [0.4, 0.5) is 23.0 Å². The molecule has 6 nitrogen and oxygen atoms in total. The van der Waals surface area contributed by atoms with E-state index in [0.717, 1.165) is 37.8 Å². The van der Waals surface area contributed by atoms with Crippen LogP contribution in [0.1, 0.15) is 11.1 Å². The molecule has 1 aliphatic rings. The molecule has 1 aliphatic heterocycles. The van der Waals surface area contributed by atoms with Gasteiger partial charge in [-0.2, -0.15) is 0 Å². The van der Waals surface area contributed by atoms with E-state index < -0.39 is 0 Å². The van der Waals surface area contributed by atoms with Crippen molar-refractivity contribution < 1.29 is 0 Å². The van der Waals surface area contributed by atoms with Crippen LogP contribution in [0.15, 0.2) is 24.5 Å². The second-order valence-electron chi connectivity index (χ2n) is 6.52. The molecular weight excluding hydrogens is 300 g/mol. The zero-order valence-electron chi connectivity index (χ0n) is 15.0. The molecule has 2 heterocycles. The van der Waals surface area contributed by atoms with Crippen LogP contribution in [0.5, 0.6) is 0 Å². The van der Waals surface area contributed by atoms with Gasteiger partial charge in [-0.1, -0.05) is 12.1 Å². The third-order valence-corrected chi connectivity index (χ3v) is 4.76. The average Bonchev–Trinajstić information content (AvgIpc) is 2.58. The van der Waals surface area contributed by atoms with E-state index in [1.54, 1.807) is 6.33 Å². The number of rotatable bonds is 3. The Labute approximate surface area is 143 Å². The fourth-order valence-electron chi connectivity index (χ4n) is 3.22. The van der Waals surface area contributed by atoms with Crippen molar-refractivity contribution in [2.45, 2.75) is 13.8 Å². The molecule has 1 aromatic carbocycles. The lowest BCUT2D eigenvalue weighted by Gasteiger charge is -2.38. The van der Waals surface area contributed by atoms with Crippen molar-refractivity contribution in [3.8, 4) is 0 Å². The maximum absolute atomic E-state index is 6.28.